The maximum atomic E-state index is 4.93. The van der Waals surface area contributed by atoms with Crippen LogP contribution in [0.2, 0.25) is 0 Å². The lowest BCUT2D eigenvalue weighted by Crippen LogP contribution is -2.13. The van der Waals surface area contributed by atoms with Crippen LogP contribution in [0.25, 0.3) is 0 Å². The lowest BCUT2D eigenvalue weighted by Gasteiger charge is -2.13. The molecule has 0 atom stereocenters. The second-order valence-corrected chi connectivity index (χ2v) is 2.67. The SMILES string of the molecule is CC(C)C1=NOCCC1. The van der Waals surface area contributed by atoms with Crippen LogP contribution in [0.4, 0.5) is 0 Å². The minimum absolute atomic E-state index is 0.560. The van der Waals surface area contributed by atoms with Crippen molar-refractivity contribution in [2.24, 2.45) is 11.1 Å². The molecule has 0 saturated heterocycles. The Kier molecular flexibility index (Phi) is 2.09. The Morgan fingerprint density at radius 1 is 1.56 bits per heavy atom. The van der Waals surface area contributed by atoms with Gasteiger partial charge >= 0.3 is 0 Å². The second-order valence-electron chi connectivity index (χ2n) is 2.67. The monoisotopic (exact) mass is 127 g/mol. The summed E-state index contributed by atoms with van der Waals surface area (Å²) in [6, 6.07) is 0. The van der Waals surface area contributed by atoms with E-state index in [0.29, 0.717) is 5.92 Å². The van der Waals surface area contributed by atoms with E-state index in [9.17, 15) is 0 Å². The first kappa shape index (κ1) is 6.59. The van der Waals surface area contributed by atoms with Gasteiger partial charge < -0.3 is 4.84 Å². The highest BCUT2D eigenvalue weighted by molar-refractivity contribution is 5.85. The molecule has 0 aromatic carbocycles. The smallest absolute Gasteiger partial charge is 0.117 e. The first-order valence-electron chi connectivity index (χ1n) is 3.49. The van der Waals surface area contributed by atoms with E-state index in [1.54, 1.807) is 0 Å². The number of nitrogens with zero attached hydrogens (tertiary/aromatic N) is 1. The van der Waals surface area contributed by atoms with E-state index in [0.717, 1.165) is 19.4 Å². The molecule has 0 amide bonds. The number of hydrogen-bond acceptors (Lipinski definition) is 2. The molecule has 2 nitrogen and oxygen atoms in total. The predicted octanol–water partition coefficient (Wildman–Crippen LogP) is 1.81. The lowest BCUT2D eigenvalue weighted by molar-refractivity contribution is 0.129. The van der Waals surface area contributed by atoms with E-state index in [1.165, 1.54) is 5.71 Å². The summed E-state index contributed by atoms with van der Waals surface area (Å²) < 4.78 is 0. The molecule has 9 heavy (non-hydrogen) atoms. The molecule has 2 heteroatoms. The minimum Gasteiger partial charge on any atom is -0.396 e. The minimum atomic E-state index is 0.560. The van der Waals surface area contributed by atoms with Crippen molar-refractivity contribution >= 4 is 5.71 Å². The van der Waals surface area contributed by atoms with Crippen LogP contribution in [0.5, 0.6) is 0 Å². The van der Waals surface area contributed by atoms with Gasteiger partial charge in [-0.1, -0.05) is 19.0 Å². The molecule has 0 saturated carbocycles. The largest absolute Gasteiger partial charge is 0.396 e. The van der Waals surface area contributed by atoms with Gasteiger partial charge in [0.25, 0.3) is 0 Å². The van der Waals surface area contributed by atoms with E-state index in [4.69, 9.17) is 4.84 Å². The Bertz CT molecular complexity index is 118. The van der Waals surface area contributed by atoms with Gasteiger partial charge in [0.1, 0.15) is 6.61 Å². The number of rotatable bonds is 1. The van der Waals surface area contributed by atoms with Crippen molar-refractivity contribution in [3.63, 3.8) is 0 Å². The quantitative estimate of drug-likeness (QED) is 0.526. The highest BCUT2D eigenvalue weighted by atomic mass is 16.6. The van der Waals surface area contributed by atoms with E-state index in [2.05, 4.69) is 19.0 Å². The summed E-state index contributed by atoms with van der Waals surface area (Å²) in [5.41, 5.74) is 1.21. The number of hydrogen-bond donors (Lipinski definition) is 0. The topological polar surface area (TPSA) is 21.6 Å². The molecule has 0 aromatic heterocycles. The van der Waals surface area contributed by atoms with Gasteiger partial charge in [-0.2, -0.15) is 0 Å². The summed E-state index contributed by atoms with van der Waals surface area (Å²) in [5.74, 6) is 0.560. The van der Waals surface area contributed by atoms with Crippen molar-refractivity contribution in [2.75, 3.05) is 6.61 Å². The Balaban J connectivity index is 2.46. The molecule has 0 aromatic rings. The van der Waals surface area contributed by atoms with Crippen LogP contribution in [0.1, 0.15) is 26.7 Å². The first-order chi connectivity index (χ1) is 4.30. The average Bonchev–Trinajstić information content (AvgIpc) is 1.90. The van der Waals surface area contributed by atoms with Crippen LogP contribution < -0.4 is 0 Å². The third kappa shape index (κ3) is 1.70. The maximum absolute atomic E-state index is 4.93. The molecule has 1 aliphatic rings. The summed E-state index contributed by atoms with van der Waals surface area (Å²) in [4.78, 5) is 4.93. The Labute approximate surface area is 55.9 Å². The first-order valence-corrected chi connectivity index (χ1v) is 3.49. The fraction of sp³-hybridized carbons (Fsp3) is 0.857. The molecule has 0 bridgehead atoms. The van der Waals surface area contributed by atoms with Gasteiger partial charge in [0.15, 0.2) is 0 Å². The van der Waals surface area contributed by atoms with Gasteiger partial charge in [-0.25, -0.2) is 0 Å². The van der Waals surface area contributed by atoms with Gasteiger partial charge in [0, 0.05) is 0 Å². The maximum Gasteiger partial charge on any atom is 0.117 e. The zero-order chi connectivity index (χ0) is 6.69. The third-order valence-corrected chi connectivity index (χ3v) is 1.52. The van der Waals surface area contributed by atoms with Crippen LogP contribution in [-0.4, -0.2) is 12.3 Å². The zero-order valence-corrected chi connectivity index (χ0v) is 6.05. The molecule has 0 spiro atoms. The van der Waals surface area contributed by atoms with E-state index < -0.39 is 0 Å². The molecule has 0 aliphatic carbocycles. The molecule has 0 fully saturated rings. The predicted molar refractivity (Wildman–Crippen MR) is 37.5 cm³/mol. The lowest BCUT2D eigenvalue weighted by atomic mass is 10.0. The highest BCUT2D eigenvalue weighted by Crippen LogP contribution is 2.09. The summed E-state index contributed by atoms with van der Waals surface area (Å²) >= 11 is 0. The molecule has 1 rings (SSSR count). The van der Waals surface area contributed by atoms with Crippen LogP contribution in [-0.2, 0) is 4.84 Å². The fourth-order valence-electron chi connectivity index (χ4n) is 0.886. The van der Waals surface area contributed by atoms with E-state index >= 15 is 0 Å². The van der Waals surface area contributed by atoms with Crippen molar-refractivity contribution < 1.29 is 4.84 Å². The number of oxime groups is 1. The molecule has 52 valence electrons. The van der Waals surface area contributed by atoms with Gasteiger partial charge in [0.2, 0.25) is 0 Å². The van der Waals surface area contributed by atoms with Crippen molar-refractivity contribution in [3.8, 4) is 0 Å². The average molecular weight is 127 g/mol. The van der Waals surface area contributed by atoms with Gasteiger partial charge in [-0.15, -0.1) is 0 Å². The molecule has 1 heterocycles. The third-order valence-electron chi connectivity index (χ3n) is 1.52. The van der Waals surface area contributed by atoms with Gasteiger partial charge in [0.05, 0.1) is 5.71 Å². The molecule has 0 radical (unpaired) electrons. The van der Waals surface area contributed by atoms with Crippen molar-refractivity contribution in [3.05, 3.63) is 0 Å². The van der Waals surface area contributed by atoms with Crippen LogP contribution in [0.15, 0.2) is 5.16 Å². The molecule has 1 aliphatic heterocycles. The highest BCUT2D eigenvalue weighted by Gasteiger charge is 2.09. The summed E-state index contributed by atoms with van der Waals surface area (Å²) in [6.45, 7) is 5.09. The van der Waals surface area contributed by atoms with E-state index in [-0.39, 0.29) is 0 Å². The van der Waals surface area contributed by atoms with Gasteiger partial charge in [-0.05, 0) is 18.8 Å². The van der Waals surface area contributed by atoms with E-state index in [1.807, 2.05) is 0 Å². The van der Waals surface area contributed by atoms with Crippen molar-refractivity contribution in [1.82, 2.24) is 0 Å². The molecule has 0 N–H and O–H groups in total. The van der Waals surface area contributed by atoms with Gasteiger partial charge in [-0.3, -0.25) is 0 Å². The fourth-order valence-corrected chi connectivity index (χ4v) is 0.886. The Morgan fingerprint density at radius 2 is 2.33 bits per heavy atom. The Morgan fingerprint density at radius 3 is 2.67 bits per heavy atom. The van der Waals surface area contributed by atoms with Crippen LogP contribution in [0.3, 0.4) is 0 Å². The van der Waals surface area contributed by atoms with Crippen LogP contribution in [0, 0.1) is 5.92 Å². The normalized spacial score (nSPS) is 19.2. The summed E-state index contributed by atoms with van der Waals surface area (Å²) in [7, 11) is 0. The van der Waals surface area contributed by atoms with Crippen molar-refractivity contribution in [2.45, 2.75) is 26.7 Å². The second kappa shape index (κ2) is 2.85. The standard InChI is InChI=1S/C7H13NO/c1-6(2)7-4-3-5-9-8-7/h6H,3-5H2,1-2H3. The Hall–Kier alpha value is -0.530. The molecular formula is C7H13NO. The molecular weight excluding hydrogens is 114 g/mol. The summed E-state index contributed by atoms with van der Waals surface area (Å²) in [5, 5.41) is 3.95. The summed E-state index contributed by atoms with van der Waals surface area (Å²) in [6.07, 6.45) is 2.26. The van der Waals surface area contributed by atoms with Crippen LogP contribution >= 0.6 is 0 Å². The zero-order valence-electron chi connectivity index (χ0n) is 6.05. The van der Waals surface area contributed by atoms with Crippen molar-refractivity contribution in [1.29, 1.82) is 0 Å². The molecule has 0 unspecified atom stereocenters.